The van der Waals surface area contributed by atoms with Crippen LogP contribution in [0.4, 0.5) is 5.95 Å². The van der Waals surface area contributed by atoms with Crippen molar-refractivity contribution in [2.45, 2.75) is 13.5 Å². The van der Waals surface area contributed by atoms with Crippen molar-refractivity contribution in [3.8, 4) is 11.5 Å². The van der Waals surface area contributed by atoms with E-state index in [9.17, 15) is 0 Å². The molecule has 182 valence electrons. The molecule has 0 saturated heterocycles. The summed E-state index contributed by atoms with van der Waals surface area (Å²) in [5, 5.41) is 13.8. The van der Waals surface area contributed by atoms with Gasteiger partial charge in [0.1, 0.15) is 12.1 Å². The molecule has 36 heavy (non-hydrogen) atoms. The second kappa shape index (κ2) is 10.2. The van der Waals surface area contributed by atoms with Gasteiger partial charge in [-0.05, 0) is 64.3 Å². The molecular weight excluding hydrogens is 588 g/mol. The van der Waals surface area contributed by atoms with Crippen molar-refractivity contribution in [1.29, 1.82) is 0 Å². The monoisotopic (exact) mass is 608 g/mol. The third kappa shape index (κ3) is 4.91. The highest BCUT2D eigenvalue weighted by Gasteiger charge is 2.14. The maximum atomic E-state index is 6.05. The fourth-order valence-corrected chi connectivity index (χ4v) is 4.89. The van der Waals surface area contributed by atoms with Crippen LogP contribution in [-0.4, -0.2) is 33.1 Å². The van der Waals surface area contributed by atoms with E-state index in [1.807, 2.05) is 54.1 Å². The van der Waals surface area contributed by atoms with E-state index >= 15 is 0 Å². The number of hydrazone groups is 1. The summed E-state index contributed by atoms with van der Waals surface area (Å²) in [5.41, 5.74) is 8.42. The van der Waals surface area contributed by atoms with Gasteiger partial charge in [0, 0.05) is 16.9 Å². The third-order valence-electron chi connectivity index (χ3n) is 5.66. The summed E-state index contributed by atoms with van der Waals surface area (Å²) in [4.78, 5) is 4.59. The van der Waals surface area contributed by atoms with Crippen LogP contribution in [0.5, 0.6) is 11.5 Å². The quantitative estimate of drug-likeness (QED) is 0.170. The van der Waals surface area contributed by atoms with Crippen molar-refractivity contribution in [3.63, 3.8) is 0 Å². The van der Waals surface area contributed by atoms with Crippen LogP contribution in [0.15, 0.2) is 68.6 Å². The molecule has 5 rings (SSSR count). The van der Waals surface area contributed by atoms with E-state index < -0.39 is 0 Å². The Hall–Kier alpha value is -3.50. The van der Waals surface area contributed by atoms with Crippen LogP contribution >= 0.6 is 31.9 Å². The lowest BCUT2D eigenvalue weighted by molar-refractivity contribution is 0.282. The van der Waals surface area contributed by atoms with Gasteiger partial charge in [0.05, 0.1) is 23.3 Å². The van der Waals surface area contributed by atoms with Gasteiger partial charge in [-0.3, -0.25) is 0 Å². The molecule has 10 heteroatoms. The van der Waals surface area contributed by atoms with Crippen molar-refractivity contribution in [1.82, 2.24) is 19.7 Å². The first-order chi connectivity index (χ1) is 17.4. The molecule has 0 bridgehead atoms. The second-order valence-corrected chi connectivity index (χ2v) is 9.98. The first-order valence-electron chi connectivity index (χ1n) is 11.1. The fraction of sp³-hybridized carbons (Fsp3) is 0.154. The van der Waals surface area contributed by atoms with Crippen LogP contribution in [0.1, 0.15) is 16.7 Å². The van der Waals surface area contributed by atoms with Crippen molar-refractivity contribution >= 4 is 66.1 Å². The molecule has 1 N–H and O–H groups in total. The first kappa shape index (κ1) is 24.2. The third-order valence-corrected chi connectivity index (χ3v) is 6.74. The highest BCUT2D eigenvalue weighted by Crippen LogP contribution is 2.37. The minimum absolute atomic E-state index is 0.299. The van der Waals surface area contributed by atoms with Gasteiger partial charge in [0.2, 0.25) is 0 Å². The number of hydrogen-bond donors (Lipinski definition) is 1. The van der Waals surface area contributed by atoms with Gasteiger partial charge in [0.25, 0.3) is 5.95 Å². The number of methoxy groups -OCH3 is 1. The topological polar surface area (TPSA) is 86.5 Å². The second-order valence-electron chi connectivity index (χ2n) is 8.21. The number of anilines is 1. The Kier molecular flexibility index (Phi) is 6.88. The molecule has 0 amide bonds. The number of benzene rings is 3. The van der Waals surface area contributed by atoms with Gasteiger partial charge < -0.3 is 14.0 Å². The van der Waals surface area contributed by atoms with Crippen LogP contribution in [0.25, 0.3) is 22.1 Å². The van der Waals surface area contributed by atoms with E-state index in [1.54, 1.807) is 13.3 Å². The van der Waals surface area contributed by atoms with Crippen LogP contribution in [0.3, 0.4) is 0 Å². The Morgan fingerprint density at radius 3 is 2.75 bits per heavy atom. The average Bonchev–Trinajstić information content (AvgIpc) is 3.13. The molecular formula is C26H22Br2N6O2. The molecule has 0 aliphatic heterocycles. The minimum atomic E-state index is 0.299. The molecule has 2 aromatic heterocycles. The van der Waals surface area contributed by atoms with Gasteiger partial charge >= 0.3 is 0 Å². The van der Waals surface area contributed by atoms with Crippen LogP contribution < -0.4 is 14.9 Å². The molecule has 0 atom stereocenters. The normalized spacial score (nSPS) is 11.5. The summed E-state index contributed by atoms with van der Waals surface area (Å²) in [5.74, 6) is 1.52. The van der Waals surface area contributed by atoms with Gasteiger partial charge in [0.15, 0.2) is 17.1 Å². The van der Waals surface area contributed by atoms with Crippen LogP contribution in [0.2, 0.25) is 0 Å². The van der Waals surface area contributed by atoms with Crippen molar-refractivity contribution < 1.29 is 9.47 Å². The molecule has 0 spiro atoms. The van der Waals surface area contributed by atoms with Crippen molar-refractivity contribution in [2.24, 2.45) is 12.1 Å². The Morgan fingerprint density at radius 2 is 1.94 bits per heavy atom. The Balaban J connectivity index is 1.34. The highest BCUT2D eigenvalue weighted by molar-refractivity contribution is 9.10. The average molecular weight is 610 g/mol. The zero-order valence-electron chi connectivity index (χ0n) is 19.8. The Bertz CT molecular complexity index is 1620. The zero-order valence-corrected chi connectivity index (χ0v) is 23.0. The standard InChI is InChI=1S/C26H22Br2N6O2/c1-15-5-4-6-16(9-15)14-36-24-20(28)10-17(11-22(24)35-3)13-29-32-26-30-25-23(31-33-26)19-12-18(27)7-8-21(19)34(25)2/h4-13H,14H2,1-3H3,(H,30,32,33)/b29-13+. The number of aromatic nitrogens is 4. The lowest BCUT2D eigenvalue weighted by Crippen LogP contribution is -2.02. The summed E-state index contributed by atoms with van der Waals surface area (Å²) in [6.07, 6.45) is 1.66. The number of aryl methyl sites for hydroxylation is 2. The maximum absolute atomic E-state index is 6.05. The number of hydrogen-bond acceptors (Lipinski definition) is 7. The Morgan fingerprint density at radius 1 is 1.08 bits per heavy atom. The van der Waals surface area contributed by atoms with E-state index in [-0.39, 0.29) is 0 Å². The van der Waals surface area contributed by atoms with E-state index in [4.69, 9.17) is 9.47 Å². The number of fused-ring (bicyclic) bond motifs is 3. The van der Waals surface area contributed by atoms with Crippen molar-refractivity contribution in [3.05, 3.63) is 80.2 Å². The summed E-state index contributed by atoms with van der Waals surface area (Å²) in [7, 11) is 3.56. The number of halogens is 2. The minimum Gasteiger partial charge on any atom is -0.493 e. The first-order valence-corrected chi connectivity index (χ1v) is 12.6. The largest absolute Gasteiger partial charge is 0.493 e. The van der Waals surface area contributed by atoms with Crippen LogP contribution in [-0.2, 0) is 13.7 Å². The number of nitrogens with one attached hydrogen (secondary N) is 1. The van der Waals surface area contributed by atoms with Crippen molar-refractivity contribution in [2.75, 3.05) is 12.5 Å². The van der Waals surface area contributed by atoms with Crippen LogP contribution in [0, 0.1) is 6.92 Å². The molecule has 0 radical (unpaired) electrons. The molecule has 0 aliphatic rings. The molecule has 5 aromatic rings. The zero-order chi connectivity index (χ0) is 25.2. The SMILES string of the molecule is COc1cc(/C=N/Nc2nnc3c4cc(Br)ccc4n(C)c3n2)cc(Br)c1OCc1cccc(C)c1. The molecule has 0 saturated carbocycles. The maximum Gasteiger partial charge on any atom is 0.265 e. The molecule has 8 nitrogen and oxygen atoms in total. The molecule has 3 aromatic carbocycles. The Labute approximate surface area is 224 Å². The highest BCUT2D eigenvalue weighted by atomic mass is 79.9. The predicted molar refractivity (Wildman–Crippen MR) is 149 cm³/mol. The summed E-state index contributed by atoms with van der Waals surface area (Å²) in [6, 6.07) is 18.0. The fourth-order valence-electron chi connectivity index (χ4n) is 3.95. The van der Waals surface area contributed by atoms with Gasteiger partial charge in [-0.15, -0.1) is 10.2 Å². The smallest absolute Gasteiger partial charge is 0.265 e. The molecule has 0 aliphatic carbocycles. The van der Waals surface area contributed by atoms with E-state index in [2.05, 4.69) is 76.6 Å². The van der Waals surface area contributed by atoms with E-state index in [0.29, 0.717) is 24.1 Å². The predicted octanol–water partition coefficient (Wildman–Crippen LogP) is 6.38. The lowest BCUT2D eigenvalue weighted by atomic mass is 10.1. The van der Waals surface area contributed by atoms with Gasteiger partial charge in [-0.25, -0.2) is 5.43 Å². The van der Waals surface area contributed by atoms with Gasteiger partial charge in [-0.2, -0.15) is 10.1 Å². The van der Waals surface area contributed by atoms with Gasteiger partial charge in [-0.1, -0.05) is 45.8 Å². The summed E-state index contributed by atoms with van der Waals surface area (Å²) in [6.45, 7) is 2.49. The molecule has 0 fully saturated rings. The molecule has 2 heterocycles. The molecule has 0 unspecified atom stereocenters. The van der Waals surface area contributed by atoms with E-state index in [1.165, 1.54) is 5.56 Å². The number of rotatable bonds is 7. The van der Waals surface area contributed by atoms with E-state index in [0.717, 1.165) is 42.1 Å². The lowest BCUT2D eigenvalue weighted by Gasteiger charge is -2.13. The summed E-state index contributed by atoms with van der Waals surface area (Å²) >= 11 is 7.10. The number of nitrogens with zero attached hydrogens (tertiary/aromatic N) is 5. The summed E-state index contributed by atoms with van der Waals surface area (Å²) < 4.78 is 15.3. The number of ether oxygens (including phenoxy) is 2.